The van der Waals surface area contributed by atoms with Gasteiger partial charge in [0.1, 0.15) is 0 Å². The first-order valence-electron chi connectivity index (χ1n) is 5.62. The maximum absolute atomic E-state index is 12.2. The van der Waals surface area contributed by atoms with Gasteiger partial charge in [0.05, 0.1) is 5.69 Å². The Morgan fingerprint density at radius 3 is 2.50 bits per heavy atom. The van der Waals surface area contributed by atoms with Crippen molar-refractivity contribution in [3.8, 4) is 0 Å². The standard InChI is InChI=1S/C11H20N4O2S/c1-8(11(2,3)4)15-18(16,17)10-9(14-12)6-5-7-13-10/h5-8,14-15H,12H2,1-4H3. The van der Waals surface area contributed by atoms with Crippen LogP contribution < -0.4 is 16.0 Å². The Kier molecular flexibility index (Phi) is 4.31. The molecule has 0 amide bonds. The molecule has 102 valence electrons. The molecule has 0 saturated carbocycles. The summed E-state index contributed by atoms with van der Waals surface area (Å²) in [4.78, 5) is 3.86. The number of nitrogen functional groups attached to an aromatic ring is 1. The number of rotatable bonds is 4. The highest BCUT2D eigenvalue weighted by Crippen LogP contribution is 2.22. The van der Waals surface area contributed by atoms with Gasteiger partial charge in [0.25, 0.3) is 10.0 Å². The molecule has 0 spiro atoms. The molecule has 1 aromatic heterocycles. The summed E-state index contributed by atoms with van der Waals surface area (Å²) in [6, 6.07) is 2.94. The molecule has 1 rings (SSSR count). The van der Waals surface area contributed by atoms with Crippen LogP contribution in [0.4, 0.5) is 5.69 Å². The fraction of sp³-hybridized carbons (Fsp3) is 0.545. The van der Waals surface area contributed by atoms with E-state index in [1.807, 2.05) is 27.7 Å². The van der Waals surface area contributed by atoms with Crippen molar-refractivity contribution in [1.82, 2.24) is 9.71 Å². The normalized spacial score (nSPS) is 14.3. The molecule has 7 heteroatoms. The third-order valence-electron chi connectivity index (χ3n) is 2.81. The summed E-state index contributed by atoms with van der Waals surface area (Å²) in [6.07, 6.45) is 1.41. The molecule has 0 bridgehead atoms. The lowest BCUT2D eigenvalue weighted by molar-refractivity contribution is 0.317. The van der Waals surface area contributed by atoms with Crippen LogP contribution in [0.2, 0.25) is 0 Å². The molecule has 1 atom stereocenters. The molecule has 4 N–H and O–H groups in total. The number of hydrogen-bond acceptors (Lipinski definition) is 5. The zero-order valence-electron chi connectivity index (χ0n) is 11.1. The first kappa shape index (κ1) is 14.9. The Morgan fingerprint density at radius 2 is 2.00 bits per heavy atom. The molecule has 18 heavy (non-hydrogen) atoms. The zero-order chi connectivity index (χ0) is 14.0. The van der Waals surface area contributed by atoms with E-state index in [4.69, 9.17) is 5.84 Å². The van der Waals surface area contributed by atoms with Crippen molar-refractivity contribution in [2.24, 2.45) is 11.3 Å². The quantitative estimate of drug-likeness (QED) is 0.563. The lowest BCUT2D eigenvalue weighted by atomic mass is 9.89. The molecule has 1 aromatic rings. The van der Waals surface area contributed by atoms with E-state index in [0.717, 1.165) is 0 Å². The van der Waals surface area contributed by atoms with Gasteiger partial charge in [0.2, 0.25) is 0 Å². The highest BCUT2D eigenvalue weighted by Gasteiger charge is 2.28. The van der Waals surface area contributed by atoms with Crippen molar-refractivity contribution in [3.63, 3.8) is 0 Å². The van der Waals surface area contributed by atoms with Gasteiger partial charge < -0.3 is 5.43 Å². The van der Waals surface area contributed by atoms with Crippen LogP contribution in [-0.4, -0.2) is 19.4 Å². The molecule has 0 saturated heterocycles. The number of hydrogen-bond donors (Lipinski definition) is 3. The minimum atomic E-state index is -3.69. The van der Waals surface area contributed by atoms with Crippen LogP contribution >= 0.6 is 0 Å². The predicted octanol–water partition coefficient (Wildman–Crippen LogP) is 1.08. The average molecular weight is 272 g/mol. The second-order valence-electron chi connectivity index (χ2n) is 5.21. The Balaban J connectivity index is 3.08. The summed E-state index contributed by atoms with van der Waals surface area (Å²) < 4.78 is 27.0. The van der Waals surface area contributed by atoms with E-state index < -0.39 is 10.0 Å². The molecular formula is C11H20N4O2S. The Labute approximate surface area is 108 Å². The van der Waals surface area contributed by atoms with E-state index in [1.54, 1.807) is 12.1 Å². The average Bonchev–Trinajstić information content (AvgIpc) is 2.27. The number of hydrazine groups is 1. The highest BCUT2D eigenvalue weighted by molar-refractivity contribution is 7.89. The summed E-state index contributed by atoms with van der Waals surface area (Å²) in [6.45, 7) is 7.69. The van der Waals surface area contributed by atoms with Crippen LogP contribution in [0.5, 0.6) is 0 Å². The maximum atomic E-state index is 12.2. The lowest BCUT2D eigenvalue weighted by Crippen LogP contribution is -2.41. The molecule has 0 radical (unpaired) electrons. The van der Waals surface area contributed by atoms with Gasteiger partial charge in [-0.1, -0.05) is 20.8 Å². The third-order valence-corrected chi connectivity index (χ3v) is 4.31. The van der Waals surface area contributed by atoms with E-state index >= 15 is 0 Å². The van der Waals surface area contributed by atoms with Crippen molar-refractivity contribution in [3.05, 3.63) is 18.3 Å². The number of nitrogens with one attached hydrogen (secondary N) is 2. The number of anilines is 1. The molecule has 1 unspecified atom stereocenters. The molecule has 0 aromatic carbocycles. The molecule has 0 aliphatic carbocycles. The van der Waals surface area contributed by atoms with Gasteiger partial charge in [-0.3, -0.25) is 5.84 Å². The van der Waals surface area contributed by atoms with Crippen molar-refractivity contribution in [2.45, 2.75) is 38.8 Å². The number of sulfonamides is 1. The first-order chi connectivity index (χ1) is 8.18. The Hall–Kier alpha value is -1.18. The Morgan fingerprint density at radius 1 is 1.39 bits per heavy atom. The Bertz CT molecular complexity index is 508. The second kappa shape index (κ2) is 5.21. The molecule has 0 fully saturated rings. The van der Waals surface area contributed by atoms with E-state index in [2.05, 4.69) is 15.1 Å². The number of pyridine rings is 1. The van der Waals surface area contributed by atoms with Crippen LogP contribution in [0.25, 0.3) is 0 Å². The summed E-state index contributed by atoms with van der Waals surface area (Å²) in [5.41, 5.74) is 2.42. The van der Waals surface area contributed by atoms with Gasteiger partial charge in [0, 0.05) is 12.2 Å². The van der Waals surface area contributed by atoms with E-state index in [9.17, 15) is 8.42 Å². The molecule has 0 aliphatic heterocycles. The molecule has 6 nitrogen and oxygen atoms in total. The maximum Gasteiger partial charge on any atom is 0.260 e. The molecular weight excluding hydrogens is 252 g/mol. The number of aromatic nitrogens is 1. The van der Waals surface area contributed by atoms with E-state index in [0.29, 0.717) is 0 Å². The van der Waals surface area contributed by atoms with E-state index in [1.165, 1.54) is 6.20 Å². The monoisotopic (exact) mass is 272 g/mol. The predicted molar refractivity (Wildman–Crippen MR) is 71.3 cm³/mol. The van der Waals surface area contributed by atoms with Crippen molar-refractivity contribution >= 4 is 15.7 Å². The summed E-state index contributed by atoms with van der Waals surface area (Å²) in [5, 5.41) is -0.0939. The second-order valence-corrected chi connectivity index (χ2v) is 6.84. The van der Waals surface area contributed by atoms with Crippen molar-refractivity contribution < 1.29 is 8.42 Å². The zero-order valence-corrected chi connectivity index (χ0v) is 11.9. The van der Waals surface area contributed by atoms with Gasteiger partial charge >= 0.3 is 0 Å². The van der Waals surface area contributed by atoms with Crippen molar-refractivity contribution in [1.29, 1.82) is 0 Å². The fourth-order valence-electron chi connectivity index (χ4n) is 1.18. The third kappa shape index (κ3) is 3.41. The topological polar surface area (TPSA) is 97.1 Å². The largest absolute Gasteiger partial charge is 0.321 e. The van der Waals surface area contributed by atoms with Gasteiger partial charge in [-0.05, 0) is 24.5 Å². The summed E-state index contributed by atoms with van der Waals surface area (Å²) >= 11 is 0. The SMILES string of the molecule is CC(NS(=O)(=O)c1ncccc1NN)C(C)(C)C. The lowest BCUT2D eigenvalue weighted by Gasteiger charge is -2.27. The fourth-order valence-corrected chi connectivity index (χ4v) is 2.73. The first-order valence-corrected chi connectivity index (χ1v) is 7.11. The molecule has 0 aliphatic rings. The van der Waals surface area contributed by atoms with Crippen LogP contribution in [0.15, 0.2) is 23.4 Å². The smallest absolute Gasteiger partial charge is 0.260 e. The van der Waals surface area contributed by atoms with Crippen molar-refractivity contribution in [2.75, 3.05) is 5.43 Å². The highest BCUT2D eigenvalue weighted by atomic mass is 32.2. The summed E-state index contributed by atoms with van der Waals surface area (Å²) in [7, 11) is -3.69. The minimum Gasteiger partial charge on any atom is -0.321 e. The van der Waals surface area contributed by atoms with Crippen LogP contribution in [0.3, 0.4) is 0 Å². The van der Waals surface area contributed by atoms with Gasteiger partial charge in [0.15, 0.2) is 5.03 Å². The van der Waals surface area contributed by atoms with E-state index in [-0.39, 0.29) is 22.2 Å². The van der Waals surface area contributed by atoms with Crippen LogP contribution in [0, 0.1) is 5.41 Å². The van der Waals surface area contributed by atoms with Gasteiger partial charge in [-0.2, -0.15) is 0 Å². The number of nitrogens with zero attached hydrogens (tertiary/aromatic N) is 1. The summed E-state index contributed by atoms with van der Waals surface area (Å²) in [5.74, 6) is 5.28. The van der Waals surface area contributed by atoms with Gasteiger partial charge in [-0.25, -0.2) is 18.1 Å². The van der Waals surface area contributed by atoms with Crippen LogP contribution in [0.1, 0.15) is 27.7 Å². The number of nitrogens with two attached hydrogens (primary N) is 1. The van der Waals surface area contributed by atoms with Crippen LogP contribution in [-0.2, 0) is 10.0 Å². The molecule has 1 heterocycles. The van der Waals surface area contributed by atoms with Gasteiger partial charge in [-0.15, -0.1) is 0 Å². The minimum absolute atomic E-state index is 0.0939.